The van der Waals surface area contributed by atoms with E-state index in [-0.39, 0.29) is 6.61 Å². The van der Waals surface area contributed by atoms with E-state index in [4.69, 9.17) is 5.73 Å². The van der Waals surface area contributed by atoms with Crippen molar-refractivity contribution in [2.24, 2.45) is 5.73 Å². The Bertz CT molecular complexity index is 370. The lowest BCUT2D eigenvalue weighted by Gasteiger charge is -2.16. The lowest BCUT2D eigenvalue weighted by atomic mass is 9.97. The standard InChI is InChI=1S/C13H18F3NO/c1-9-4-3-5-10(2)12(9)6-11(17)7-18-8-13(14,15)16/h3-5,11H,6-8,17H2,1-2H3. The van der Waals surface area contributed by atoms with Crippen molar-refractivity contribution in [1.82, 2.24) is 0 Å². The highest BCUT2D eigenvalue weighted by atomic mass is 19.4. The Hall–Kier alpha value is -1.07. The van der Waals surface area contributed by atoms with E-state index in [0.717, 1.165) is 16.7 Å². The molecule has 102 valence electrons. The summed E-state index contributed by atoms with van der Waals surface area (Å²) in [5.74, 6) is 0. The Balaban J connectivity index is 2.47. The van der Waals surface area contributed by atoms with Gasteiger partial charge in [-0.05, 0) is 37.0 Å². The van der Waals surface area contributed by atoms with Gasteiger partial charge >= 0.3 is 6.18 Å². The third-order valence-electron chi connectivity index (χ3n) is 2.71. The van der Waals surface area contributed by atoms with Crippen LogP contribution in [0.4, 0.5) is 13.2 Å². The first-order chi connectivity index (χ1) is 8.29. The van der Waals surface area contributed by atoms with E-state index in [0.29, 0.717) is 6.42 Å². The van der Waals surface area contributed by atoms with E-state index in [1.165, 1.54) is 0 Å². The molecule has 1 unspecified atom stereocenters. The van der Waals surface area contributed by atoms with Gasteiger partial charge < -0.3 is 10.5 Å². The molecule has 0 saturated heterocycles. The molecule has 2 nitrogen and oxygen atoms in total. The van der Waals surface area contributed by atoms with E-state index in [9.17, 15) is 13.2 Å². The molecule has 18 heavy (non-hydrogen) atoms. The highest BCUT2D eigenvalue weighted by Crippen LogP contribution is 2.16. The fourth-order valence-electron chi connectivity index (χ4n) is 1.82. The molecule has 0 aliphatic heterocycles. The molecule has 1 rings (SSSR count). The minimum atomic E-state index is -4.29. The molecule has 0 bridgehead atoms. The summed E-state index contributed by atoms with van der Waals surface area (Å²) in [7, 11) is 0. The minimum absolute atomic E-state index is 0.0900. The maximum Gasteiger partial charge on any atom is 0.411 e. The van der Waals surface area contributed by atoms with Gasteiger partial charge in [-0.1, -0.05) is 18.2 Å². The zero-order valence-electron chi connectivity index (χ0n) is 10.6. The number of benzene rings is 1. The van der Waals surface area contributed by atoms with Gasteiger partial charge in [-0.3, -0.25) is 0 Å². The summed E-state index contributed by atoms with van der Waals surface area (Å²) >= 11 is 0. The minimum Gasteiger partial charge on any atom is -0.370 e. The van der Waals surface area contributed by atoms with Gasteiger partial charge in [-0.2, -0.15) is 13.2 Å². The van der Waals surface area contributed by atoms with Crippen molar-refractivity contribution in [3.63, 3.8) is 0 Å². The second-order valence-corrected chi connectivity index (χ2v) is 4.46. The average Bonchev–Trinajstić information content (AvgIpc) is 2.22. The first-order valence-electron chi connectivity index (χ1n) is 5.75. The van der Waals surface area contributed by atoms with Crippen LogP contribution in [0.25, 0.3) is 0 Å². The van der Waals surface area contributed by atoms with Gasteiger partial charge in [0.25, 0.3) is 0 Å². The number of halogens is 3. The largest absolute Gasteiger partial charge is 0.411 e. The monoisotopic (exact) mass is 261 g/mol. The lowest BCUT2D eigenvalue weighted by molar-refractivity contribution is -0.174. The van der Waals surface area contributed by atoms with Crippen LogP contribution in [0.1, 0.15) is 16.7 Å². The number of alkyl halides is 3. The van der Waals surface area contributed by atoms with Crippen LogP contribution in [-0.4, -0.2) is 25.4 Å². The SMILES string of the molecule is Cc1cccc(C)c1CC(N)COCC(F)(F)F. The third kappa shape index (κ3) is 5.06. The lowest BCUT2D eigenvalue weighted by Crippen LogP contribution is -2.31. The van der Waals surface area contributed by atoms with E-state index < -0.39 is 18.8 Å². The molecule has 0 spiro atoms. The number of hydrogen-bond donors (Lipinski definition) is 1. The van der Waals surface area contributed by atoms with E-state index in [2.05, 4.69) is 4.74 Å². The van der Waals surface area contributed by atoms with E-state index in [1.54, 1.807) is 0 Å². The first-order valence-corrected chi connectivity index (χ1v) is 5.75. The molecule has 1 atom stereocenters. The smallest absolute Gasteiger partial charge is 0.370 e. The number of nitrogens with two attached hydrogens (primary N) is 1. The van der Waals surface area contributed by atoms with Crippen LogP contribution in [0, 0.1) is 13.8 Å². The van der Waals surface area contributed by atoms with Crippen LogP contribution in [-0.2, 0) is 11.2 Å². The summed E-state index contributed by atoms with van der Waals surface area (Å²) in [4.78, 5) is 0. The van der Waals surface area contributed by atoms with Gasteiger partial charge in [0.2, 0.25) is 0 Å². The summed E-state index contributed by atoms with van der Waals surface area (Å²) in [5, 5.41) is 0. The highest BCUT2D eigenvalue weighted by Gasteiger charge is 2.27. The van der Waals surface area contributed by atoms with Crippen molar-refractivity contribution in [2.45, 2.75) is 32.5 Å². The Morgan fingerprint density at radius 2 is 1.78 bits per heavy atom. The van der Waals surface area contributed by atoms with Crippen LogP contribution >= 0.6 is 0 Å². The van der Waals surface area contributed by atoms with Gasteiger partial charge in [0.15, 0.2) is 0 Å². The van der Waals surface area contributed by atoms with Gasteiger partial charge in [-0.15, -0.1) is 0 Å². The fraction of sp³-hybridized carbons (Fsp3) is 0.538. The fourth-order valence-corrected chi connectivity index (χ4v) is 1.82. The zero-order valence-corrected chi connectivity index (χ0v) is 10.6. The van der Waals surface area contributed by atoms with E-state index in [1.807, 2.05) is 32.0 Å². The molecule has 1 aromatic carbocycles. The van der Waals surface area contributed by atoms with Crippen LogP contribution < -0.4 is 5.73 Å². The molecule has 0 amide bonds. The number of rotatable bonds is 5. The molecule has 5 heteroatoms. The van der Waals surface area contributed by atoms with Crippen molar-refractivity contribution in [1.29, 1.82) is 0 Å². The van der Waals surface area contributed by atoms with E-state index >= 15 is 0 Å². The first kappa shape index (κ1) is 15.0. The Kier molecular flexibility index (Phi) is 5.16. The number of hydrogen-bond acceptors (Lipinski definition) is 2. The molecule has 0 saturated carbocycles. The molecule has 0 fully saturated rings. The van der Waals surface area contributed by atoms with Crippen LogP contribution in [0.5, 0.6) is 0 Å². The van der Waals surface area contributed by atoms with Crippen molar-refractivity contribution in [3.8, 4) is 0 Å². The molecule has 0 aliphatic carbocycles. The van der Waals surface area contributed by atoms with Crippen molar-refractivity contribution < 1.29 is 17.9 Å². The summed E-state index contributed by atoms with van der Waals surface area (Å²) < 4.78 is 40.2. The molecule has 0 aromatic heterocycles. The second kappa shape index (κ2) is 6.20. The van der Waals surface area contributed by atoms with Gasteiger partial charge in [0, 0.05) is 6.04 Å². The highest BCUT2D eigenvalue weighted by molar-refractivity contribution is 5.34. The summed E-state index contributed by atoms with van der Waals surface area (Å²) in [6.45, 7) is 2.60. The maximum absolute atomic E-state index is 11.9. The van der Waals surface area contributed by atoms with Gasteiger partial charge in [0.05, 0.1) is 6.61 Å². The maximum atomic E-state index is 11.9. The summed E-state index contributed by atoms with van der Waals surface area (Å²) in [6.07, 6.45) is -3.77. The Labute approximate surface area is 105 Å². The summed E-state index contributed by atoms with van der Waals surface area (Å²) in [6, 6.07) is 5.45. The predicted molar refractivity (Wildman–Crippen MR) is 64.5 cm³/mol. The van der Waals surface area contributed by atoms with Crippen LogP contribution in [0.2, 0.25) is 0 Å². The van der Waals surface area contributed by atoms with Gasteiger partial charge in [0.1, 0.15) is 6.61 Å². The average molecular weight is 261 g/mol. The Morgan fingerprint density at radius 3 is 2.28 bits per heavy atom. The van der Waals surface area contributed by atoms with Crippen molar-refractivity contribution in [3.05, 3.63) is 34.9 Å². The quantitative estimate of drug-likeness (QED) is 0.884. The normalized spacial score (nSPS) is 13.7. The second-order valence-electron chi connectivity index (χ2n) is 4.46. The molecule has 0 aliphatic rings. The third-order valence-corrected chi connectivity index (χ3v) is 2.71. The molecule has 1 aromatic rings. The van der Waals surface area contributed by atoms with Crippen molar-refractivity contribution in [2.75, 3.05) is 13.2 Å². The molecular formula is C13H18F3NO. The zero-order chi connectivity index (χ0) is 13.8. The van der Waals surface area contributed by atoms with Gasteiger partial charge in [-0.25, -0.2) is 0 Å². The van der Waals surface area contributed by atoms with Crippen molar-refractivity contribution >= 4 is 0 Å². The molecule has 2 N–H and O–H groups in total. The topological polar surface area (TPSA) is 35.2 Å². The number of ether oxygens (including phenoxy) is 1. The predicted octanol–water partition coefficient (Wildman–Crippen LogP) is 2.75. The molecule has 0 radical (unpaired) electrons. The Morgan fingerprint density at radius 1 is 1.22 bits per heavy atom. The number of aryl methyl sites for hydroxylation is 2. The molecule has 0 heterocycles. The van der Waals surface area contributed by atoms with Crippen LogP contribution in [0.15, 0.2) is 18.2 Å². The van der Waals surface area contributed by atoms with Crippen LogP contribution in [0.3, 0.4) is 0 Å². The molecular weight excluding hydrogens is 243 g/mol. The summed E-state index contributed by atoms with van der Waals surface area (Å²) in [5.41, 5.74) is 9.06.